The molecule has 0 saturated heterocycles. The Morgan fingerprint density at radius 3 is 2.28 bits per heavy atom. The minimum Gasteiger partial charge on any atom is -0.426 e. The molecule has 25 heavy (non-hydrogen) atoms. The fourth-order valence-corrected chi connectivity index (χ4v) is 4.11. The molecule has 0 fully saturated rings. The molecule has 0 radical (unpaired) electrons. The average molecular weight is 369 g/mol. The van der Waals surface area contributed by atoms with Crippen LogP contribution in [0.3, 0.4) is 0 Å². The smallest absolute Gasteiger partial charge is 0.426 e. The van der Waals surface area contributed by atoms with E-state index in [2.05, 4.69) is 5.32 Å². The monoisotopic (exact) mass is 369 g/mol. The van der Waals surface area contributed by atoms with Crippen molar-refractivity contribution in [3.05, 3.63) is 35.4 Å². The number of carbonyl (C=O) groups is 1. The lowest BCUT2D eigenvalue weighted by Gasteiger charge is -2.19. The van der Waals surface area contributed by atoms with E-state index in [4.69, 9.17) is 0 Å². The number of nitrogens with one attached hydrogen (secondary N) is 1. The largest absolute Gasteiger partial charge is 0.475 e. The summed E-state index contributed by atoms with van der Waals surface area (Å²) in [6.45, 7) is 5.34. The Kier molecular flexibility index (Phi) is 8.62. The maximum absolute atomic E-state index is 12.1. The van der Waals surface area contributed by atoms with Gasteiger partial charge in [0, 0.05) is 12.2 Å². The third kappa shape index (κ3) is 7.17. The van der Waals surface area contributed by atoms with Crippen molar-refractivity contribution >= 4 is 22.9 Å². The lowest BCUT2D eigenvalue weighted by molar-refractivity contribution is -0.121. The Balaban J connectivity index is 2.63. The first-order valence-corrected chi connectivity index (χ1v) is 10.3. The number of amides is 1. The van der Waals surface area contributed by atoms with Crippen LogP contribution < -0.4 is 5.32 Å². The summed E-state index contributed by atoms with van der Waals surface area (Å²) < 4.78 is 23.9. The van der Waals surface area contributed by atoms with Gasteiger partial charge in [-0.3, -0.25) is 4.79 Å². The standard InChI is InChI=1S/C17H28BNO5S/c1-4-15(25(23,24)5-2)10-11-17(20)19-16(18(21)22)12-14-8-6-13(3)7-9-14/h6-9,15-16,21-22H,4-5,10-12H2,1-3H3,(H,19,20)/t15?,16-/m0/s1. The van der Waals surface area contributed by atoms with Gasteiger partial charge in [-0.25, -0.2) is 8.42 Å². The van der Waals surface area contributed by atoms with Gasteiger partial charge in [0.25, 0.3) is 0 Å². The lowest BCUT2D eigenvalue weighted by atomic mass is 9.76. The summed E-state index contributed by atoms with van der Waals surface area (Å²) in [6, 6.07) is 7.58. The van der Waals surface area contributed by atoms with Crippen LogP contribution in [0.25, 0.3) is 0 Å². The Bertz CT molecular complexity index is 646. The third-order valence-corrected chi connectivity index (χ3v) is 6.73. The molecule has 0 aliphatic heterocycles. The van der Waals surface area contributed by atoms with Gasteiger partial charge in [-0.1, -0.05) is 43.7 Å². The van der Waals surface area contributed by atoms with Crippen LogP contribution >= 0.6 is 0 Å². The van der Waals surface area contributed by atoms with Crippen LogP contribution in [0.1, 0.15) is 44.2 Å². The van der Waals surface area contributed by atoms with E-state index >= 15 is 0 Å². The van der Waals surface area contributed by atoms with Crippen molar-refractivity contribution < 1.29 is 23.3 Å². The van der Waals surface area contributed by atoms with Gasteiger partial charge in [0.15, 0.2) is 9.84 Å². The minimum atomic E-state index is -3.18. The fraction of sp³-hybridized carbons (Fsp3) is 0.588. The van der Waals surface area contributed by atoms with E-state index in [0.29, 0.717) is 6.42 Å². The molecule has 0 aliphatic carbocycles. The minimum absolute atomic E-state index is 0.0366. The van der Waals surface area contributed by atoms with E-state index in [1.54, 1.807) is 13.8 Å². The van der Waals surface area contributed by atoms with Crippen LogP contribution in [-0.4, -0.2) is 48.4 Å². The highest BCUT2D eigenvalue weighted by atomic mass is 32.2. The molecule has 1 aromatic carbocycles. The molecule has 0 aliphatic rings. The molecule has 0 saturated carbocycles. The van der Waals surface area contributed by atoms with Crippen molar-refractivity contribution in [3.8, 4) is 0 Å². The van der Waals surface area contributed by atoms with E-state index in [1.165, 1.54) is 0 Å². The third-order valence-electron chi connectivity index (χ3n) is 4.34. The molecular weight excluding hydrogens is 341 g/mol. The van der Waals surface area contributed by atoms with Crippen LogP contribution in [0, 0.1) is 6.92 Å². The number of carbonyl (C=O) groups excluding carboxylic acids is 1. The summed E-state index contributed by atoms with van der Waals surface area (Å²) >= 11 is 0. The molecule has 1 amide bonds. The van der Waals surface area contributed by atoms with Crippen LogP contribution in [0.2, 0.25) is 0 Å². The van der Waals surface area contributed by atoms with E-state index in [0.717, 1.165) is 11.1 Å². The maximum Gasteiger partial charge on any atom is 0.475 e. The average Bonchev–Trinajstić information content (AvgIpc) is 2.56. The summed E-state index contributed by atoms with van der Waals surface area (Å²) in [6.07, 6.45) is 1.01. The van der Waals surface area contributed by atoms with Gasteiger partial charge in [-0.05, 0) is 31.7 Å². The van der Waals surface area contributed by atoms with Gasteiger partial charge in [0.2, 0.25) is 5.91 Å². The van der Waals surface area contributed by atoms with E-state index in [1.807, 2.05) is 31.2 Å². The van der Waals surface area contributed by atoms with Crippen LogP contribution in [0.5, 0.6) is 0 Å². The van der Waals surface area contributed by atoms with Crippen LogP contribution in [-0.2, 0) is 21.1 Å². The summed E-state index contributed by atoms with van der Waals surface area (Å²) in [5.74, 6) is -1.16. The topological polar surface area (TPSA) is 104 Å². The molecule has 1 unspecified atom stereocenters. The molecule has 8 heteroatoms. The number of hydrogen-bond donors (Lipinski definition) is 3. The van der Waals surface area contributed by atoms with E-state index in [9.17, 15) is 23.3 Å². The predicted molar refractivity (Wildman–Crippen MR) is 99.8 cm³/mol. The van der Waals surface area contributed by atoms with Gasteiger partial charge in [-0.2, -0.15) is 0 Å². The zero-order valence-corrected chi connectivity index (χ0v) is 15.9. The van der Waals surface area contributed by atoms with Crippen molar-refractivity contribution in [3.63, 3.8) is 0 Å². The van der Waals surface area contributed by atoms with Crippen molar-refractivity contribution in [1.82, 2.24) is 5.32 Å². The molecule has 6 nitrogen and oxygen atoms in total. The van der Waals surface area contributed by atoms with Crippen molar-refractivity contribution in [2.24, 2.45) is 0 Å². The van der Waals surface area contributed by atoms with E-state index in [-0.39, 0.29) is 30.9 Å². The predicted octanol–water partition coefficient (Wildman–Crippen LogP) is 1.03. The summed E-state index contributed by atoms with van der Waals surface area (Å²) in [5, 5.41) is 21.1. The summed E-state index contributed by atoms with van der Waals surface area (Å²) in [4.78, 5) is 12.1. The lowest BCUT2D eigenvalue weighted by Crippen LogP contribution is -2.48. The molecule has 1 rings (SSSR count). The quantitative estimate of drug-likeness (QED) is 0.535. The highest BCUT2D eigenvalue weighted by Gasteiger charge is 2.27. The van der Waals surface area contributed by atoms with Crippen LogP contribution in [0.4, 0.5) is 0 Å². The molecular formula is C17H28BNO5S. The van der Waals surface area contributed by atoms with Crippen molar-refractivity contribution in [2.75, 3.05) is 5.75 Å². The van der Waals surface area contributed by atoms with Gasteiger partial charge in [-0.15, -0.1) is 0 Å². The maximum atomic E-state index is 12.1. The summed E-state index contributed by atoms with van der Waals surface area (Å²) in [7, 11) is -4.87. The molecule has 1 aromatic rings. The molecule has 0 bridgehead atoms. The van der Waals surface area contributed by atoms with Gasteiger partial charge < -0.3 is 15.4 Å². The highest BCUT2D eigenvalue weighted by Crippen LogP contribution is 2.14. The number of sulfone groups is 1. The first-order valence-electron chi connectivity index (χ1n) is 8.62. The SMILES string of the molecule is CCC(CCC(=O)N[C@@H](Cc1ccc(C)cc1)B(O)O)S(=O)(=O)CC. The zero-order valence-electron chi connectivity index (χ0n) is 15.1. The fourth-order valence-electron chi connectivity index (χ4n) is 2.65. The van der Waals surface area contributed by atoms with E-state index < -0.39 is 28.1 Å². The molecule has 140 valence electrons. The highest BCUT2D eigenvalue weighted by molar-refractivity contribution is 7.92. The molecule has 0 spiro atoms. The molecule has 0 heterocycles. The molecule has 2 atom stereocenters. The van der Waals surface area contributed by atoms with Gasteiger partial charge in [0.1, 0.15) is 0 Å². The number of aryl methyl sites for hydroxylation is 1. The number of hydrogen-bond acceptors (Lipinski definition) is 5. The number of rotatable bonds is 10. The second-order valence-electron chi connectivity index (χ2n) is 6.30. The first kappa shape index (κ1) is 21.7. The van der Waals surface area contributed by atoms with Crippen molar-refractivity contribution in [1.29, 1.82) is 0 Å². The van der Waals surface area contributed by atoms with Gasteiger partial charge >= 0.3 is 7.12 Å². The second kappa shape index (κ2) is 9.94. The first-order chi connectivity index (χ1) is 11.7. The Hall–Kier alpha value is -1.38. The van der Waals surface area contributed by atoms with Crippen LogP contribution in [0.15, 0.2) is 24.3 Å². The Morgan fingerprint density at radius 2 is 1.80 bits per heavy atom. The normalized spacial score (nSPS) is 14.0. The number of benzene rings is 1. The molecule has 0 aromatic heterocycles. The van der Waals surface area contributed by atoms with Gasteiger partial charge in [0.05, 0.1) is 11.2 Å². The molecule has 3 N–H and O–H groups in total. The van der Waals surface area contributed by atoms with Crippen molar-refractivity contribution in [2.45, 2.75) is 57.6 Å². The summed E-state index contributed by atoms with van der Waals surface area (Å²) in [5.41, 5.74) is 1.97. The Morgan fingerprint density at radius 1 is 1.20 bits per heavy atom. The second-order valence-corrected chi connectivity index (χ2v) is 8.87. The zero-order chi connectivity index (χ0) is 19.0. The Labute approximate surface area is 150 Å².